The minimum Gasteiger partial charge on any atom is -0.312 e. The van der Waals surface area contributed by atoms with Gasteiger partial charge in [-0.05, 0) is 63.9 Å². The van der Waals surface area contributed by atoms with Crippen molar-refractivity contribution in [3.05, 3.63) is 43.2 Å². The van der Waals surface area contributed by atoms with Gasteiger partial charge in [-0.15, -0.1) is 11.3 Å². The lowest BCUT2D eigenvalue weighted by Crippen LogP contribution is -2.17. The first kappa shape index (κ1) is 11.3. The van der Waals surface area contributed by atoms with Gasteiger partial charge in [-0.1, -0.05) is 0 Å². The molecule has 0 aliphatic rings. The summed E-state index contributed by atoms with van der Waals surface area (Å²) in [6, 6.07) is 6.91. The molecular formula is C11H12BrNS2. The van der Waals surface area contributed by atoms with E-state index in [1.807, 2.05) is 7.05 Å². The van der Waals surface area contributed by atoms with Crippen molar-refractivity contribution in [3.63, 3.8) is 0 Å². The average Bonchev–Trinajstić information content (AvgIpc) is 2.85. The number of nitrogens with one attached hydrogen (secondary N) is 1. The average molecular weight is 302 g/mol. The van der Waals surface area contributed by atoms with Crippen LogP contribution in [0, 0.1) is 0 Å². The predicted octanol–water partition coefficient (Wildman–Crippen LogP) is 4.08. The monoisotopic (exact) mass is 301 g/mol. The van der Waals surface area contributed by atoms with Crippen LogP contribution in [-0.2, 0) is 6.42 Å². The van der Waals surface area contributed by atoms with Gasteiger partial charge in [0.1, 0.15) is 0 Å². The second-order valence-electron chi connectivity index (χ2n) is 3.32. The van der Waals surface area contributed by atoms with Crippen molar-refractivity contribution in [1.29, 1.82) is 0 Å². The SMILES string of the molecule is CNC(Cc1ccsc1)c1ccc(Br)s1. The Morgan fingerprint density at radius 3 is 2.80 bits per heavy atom. The molecule has 15 heavy (non-hydrogen) atoms. The molecule has 0 radical (unpaired) electrons. The standard InChI is InChI=1S/C11H12BrNS2/c1-13-9(6-8-4-5-14-7-8)10-2-3-11(12)15-10/h2-5,7,9,13H,6H2,1H3. The third kappa shape index (κ3) is 2.91. The van der Waals surface area contributed by atoms with E-state index in [1.54, 1.807) is 22.7 Å². The lowest BCUT2D eigenvalue weighted by Gasteiger charge is -2.13. The van der Waals surface area contributed by atoms with E-state index in [2.05, 4.69) is 50.2 Å². The number of thiophene rings is 2. The second kappa shape index (κ2) is 5.25. The van der Waals surface area contributed by atoms with Gasteiger partial charge in [-0.2, -0.15) is 11.3 Å². The molecule has 0 fully saturated rings. The van der Waals surface area contributed by atoms with Gasteiger partial charge in [0, 0.05) is 10.9 Å². The number of hydrogen-bond acceptors (Lipinski definition) is 3. The Labute approximate surface area is 106 Å². The van der Waals surface area contributed by atoms with E-state index in [-0.39, 0.29) is 0 Å². The molecule has 1 N–H and O–H groups in total. The fraction of sp³-hybridized carbons (Fsp3) is 0.273. The van der Waals surface area contributed by atoms with Crippen LogP contribution in [0.25, 0.3) is 0 Å². The molecule has 2 heterocycles. The van der Waals surface area contributed by atoms with E-state index >= 15 is 0 Å². The molecule has 2 aromatic heterocycles. The summed E-state index contributed by atoms with van der Waals surface area (Å²) >= 11 is 7.06. The highest BCUT2D eigenvalue weighted by Gasteiger charge is 2.12. The van der Waals surface area contributed by atoms with E-state index < -0.39 is 0 Å². The van der Waals surface area contributed by atoms with Crippen LogP contribution < -0.4 is 5.32 Å². The first-order valence-corrected chi connectivity index (χ1v) is 7.28. The Bertz CT molecular complexity index is 408. The Hall–Kier alpha value is -0.160. The van der Waals surface area contributed by atoms with Gasteiger partial charge in [-0.3, -0.25) is 0 Å². The van der Waals surface area contributed by atoms with Crippen molar-refractivity contribution >= 4 is 38.6 Å². The van der Waals surface area contributed by atoms with Crippen LogP contribution in [0.5, 0.6) is 0 Å². The molecule has 0 spiro atoms. The molecule has 1 unspecified atom stereocenters. The molecular weight excluding hydrogens is 290 g/mol. The topological polar surface area (TPSA) is 12.0 Å². The smallest absolute Gasteiger partial charge is 0.0701 e. The van der Waals surface area contributed by atoms with Crippen LogP contribution in [0.4, 0.5) is 0 Å². The molecule has 0 amide bonds. The van der Waals surface area contributed by atoms with E-state index in [0.717, 1.165) is 6.42 Å². The summed E-state index contributed by atoms with van der Waals surface area (Å²) < 4.78 is 1.20. The van der Waals surface area contributed by atoms with Crippen LogP contribution in [0.15, 0.2) is 32.7 Å². The zero-order valence-electron chi connectivity index (χ0n) is 8.37. The van der Waals surface area contributed by atoms with Crippen LogP contribution in [-0.4, -0.2) is 7.05 Å². The van der Waals surface area contributed by atoms with Crippen molar-refractivity contribution in [2.75, 3.05) is 7.05 Å². The van der Waals surface area contributed by atoms with Gasteiger partial charge in [0.25, 0.3) is 0 Å². The van der Waals surface area contributed by atoms with E-state index in [9.17, 15) is 0 Å². The van der Waals surface area contributed by atoms with Crippen molar-refractivity contribution in [2.24, 2.45) is 0 Å². The van der Waals surface area contributed by atoms with Crippen LogP contribution in [0.1, 0.15) is 16.5 Å². The van der Waals surface area contributed by atoms with Crippen LogP contribution in [0.2, 0.25) is 0 Å². The highest BCUT2D eigenvalue weighted by molar-refractivity contribution is 9.11. The van der Waals surface area contributed by atoms with Crippen molar-refractivity contribution in [3.8, 4) is 0 Å². The van der Waals surface area contributed by atoms with Gasteiger partial charge < -0.3 is 5.32 Å². The van der Waals surface area contributed by atoms with Gasteiger partial charge in [0.05, 0.1) is 3.79 Å². The van der Waals surface area contributed by atoms with E-state index in [1.165, 1.54) is 14.2 Å². The number of rotatable bonds is 4. The molecule has 0 saturated heterocycles. The number of likely N-dealkylation sites (N-methyl/N-ethyl adjacent to an activating group) is 1. The summed E-state index contributed by atoms with van der Waals surface area (Å²) in [7, 11) is 2.02. The van der Waals surface area contributed by atoms with Crippen LogP contribution >= 0.6 is 38.6 Å². The van der Waals surface area contributed by atoms with Crippen molar-refractivity contribution in [2.45, 2.75) is 12.5 Å². The summed E-state index contributed by atoms with van der Waals surface area (Å²) in [6.45, 7) is 0. The van der Waals surface area contributed by atoms with Crippen LogP contribution in [0.3, 0.4) is 0 Å². The lowest BCUT2D eigenvalue weighted by molar-refractivity contribution is 0.603. The lowest BCUT2D eigenvalue weighted by atomic mass is 10.1. The molecule has 1 atom stereocenters. The highest BCUT2D eigenvalue weighted by Crippen LogP contribution is 2.29. The fourth-order valence-corrected chi connectivity index (χ4v) is 3.72. The fourth-order valence-electron chi connectivity index (χ4n) is 1.50. The predicted molar refractivity (Wildman–Crippen MR) is 71.8 cm³/mol. The van der Waals surface area contributed by atoms with Crippen molar-refractivity contribution in [1.82, 2.24) is 5.32 Å². The molecule has 4 heteroatoms. The second-order valence-corrected chi connectivity index (χ2v) is 6.59. The molecule has 0 saturated carbocycles. The first-order valence-electron chi connectivity index (χ1n) is 4.73. The third-order valence-electron chi connectivity index (χ3n) is 2.31. The Morgan fingerprint density at radius 2 is 2.27 bits per heavy atom. The highest BCUT2D eigenvalue weighted by atomic mass is 79.9. The summed E-state index contributed by atoms with van der Waals surface area (Å²) in [5.41, 5.74) is 1.41. The maximum atomic E-state index is 3.50. The summed E-state index contributed by atoms with van der Waals surface area (Å²) in [5, 5.41) is 7.71. The minimum atomic E-state index is 0.427. The Kier molecular flexibility index (Phi) is 3.97. The zero-order chi connectivity index (χ0) is 10.7. The molecule has 0 aliphatic heterocycles. The third-order valence-corrected chi connectivity index (χ3v) is 4.78. The maximum absolute atomic E-state index is 3.50. The number of hydrogen-bond donors (Lipinski definition) is 1. The molecule has 80 valence electrons. The van der Waals surface area contributed by atoms with Gasteiger partial charge in [-0.25, -0.2) is 0 Å². The summed E-state index contributed by atoms with van der Waals surface area (Å²) in [6.07, 6.45) is 1.06. The van der Waals surface area contributed by atoms with Gasteiger partial charge >= 0.3 is 0 Å². The normalized spacial score (nSPS) is 12.9. The minimum absolute atomic E-state index is 0.427. The molecule has 0 aromatic carbocycles. The zero-order valence-corrected chi connectivity index (χ0v) is 11.6. The Balaban J connectivity index is 2.11. The van der Waals surface area contributed by atoms with E-state index in [0.29, 0.717) is 6.04 Å². The maximum Gasteiger partial charge on any atom is 0.0701 e. The van der Waals surface area contributed by atoms with Gasteiger partial charge in [0.2, 0.25) is 0 Å². The molecule has 2 aromatic rings. The molecule has 0 aliphatic carbocycles. The quantitative estimate of drug-likeness (QED) is 0.897. The molecule has 0 bridgehead atoms. The largest absolute Gasteiger partial charge is 0.312 e. The molecule has 2 rings (SSSR count). The summed E-state index contributed by atoms with van der Waals surface area (Å²) in [4.78, 5) is 1.38. The molecule has 1 nitrogen and oxygen atoms in total. The van der Waals surface area contributed by atoms with Crippen molar-refractivity contribution < 1.29 is 0 Å². The summed E-state index contributed by atoms with van der Waals surface area (Å²) in [5.74, 6) is 0. The first-order chi connectivity index (χ1) is 7.29. The number of halogens is 1. The Morgan fingerprint density at radius 1 is 1.40 bits per heavy atom. The van der Waals surface area contributed by atoms with E-state index in [4.69, 9.17) is 0 Å². The van der Waals surface area contributed by atoms with Gasteiger partial charge in [0.15, 0.2) is 0 Å².